The van der Waals surface area contributed by atoms with Gasteiger partial charge in [-0.05, 0) is 31.9 Å². The molecule has 1 amide bonds. The predicted molar refractivity (Wildman–Crippen MR) is 84.5 cm³/mol. The van der Waals surface area contributed by atoms with Gasteiger partial charge in [-0.15, -0.1) is 0 Å². The largest absolute Gasteiger partial charge is 0.392 e. The second kappa shape index (κ2) is 6.31. The molecule has 1 fully saturated rings. The molecule has 1 heterocycles. The zero-order chi connectivity index (χ0) is 14.6. The maximum absolute atomic E-state index is 12.7. The van der Waals surface area contributed by atoms with Crippen LogP contribution in [0, 0.1) is 12.3 Å². The molecule has 0 unspecified atom stereocenters. The molecule has 3 N–H and O–H groups in total. The predicted octanol–water partition coefficient (Wildman–Crippen LogP) is 2.96. The van der Waals surface area contributed by atoms with Gasteiger partial charge in [0.05, 0.1) is 22.3 Å². The van der Waals surface area contributed by atoms with Crippen LogP contribution in [0.1, 0.15) is 44.2 Å². The number of rotatable bonds is 3. The zero-order valence-electron chi connectivity index (χ0n) is 11.8. The van der Waals surface area contributed by atoms with Crippen LogP contribution in [0.4, 0.5) is 5.69 Å². The Morgan fingerprint density at radius 1 is 1.30 bits per heavy atom. The van der Waals surface area contributed by atoms with Crippen LogP contribution >= 0.6 is 12.2 Å². The third kappa shape index (κ3) is 3.15. The average Bonchev–Trinajstić information content (AvgIpc) is 2.68. The molecule has 2 rings (SSSR count). The van der Waals surface area contributed by atoms with Crippen molar-refractivity contribution < 1.29 is 4.79 Å². The van der Waals surface area contributed by atoms with Gasteiger partial charge in [0.15, 0.2) is 0 Å². The third-order valence-corrected chi connectivity index (χ3v) is 4.42. The van der Waals surface area contributed by atoms with Gasteiger partial charge in [0.1, 0.15) is 0 Å². The summed E-state index contributed by atoms with van der Waals surface area (Å²) in [5, 5.41) is 2.92. The molecule has 1 aromatic heterocycles. The van der Waals surface area contributed by atoms with Gasteiger partial charge in [0, 0.05) is 5.69 Å². The van der Waals surface area contributed by atoms with Crippen LogP contribution < -0.4 is 11.1 Å². The first kappa shape index (κ1) is 14.9. The topological polar surface area (TPSA) is 68.0 Å². The summed E-state index contributed by atoms with van der Waals surface area (Å²) in [5.41, 5.74) is 6.82. The molecular weight excluding hydrogens is 270 g/mol. The number of nitrogens with one attached hydrogen (secondary N) is 1. The van der Waals surface area contributed by atoms with Crippen LogP contribution in [-0.2, 0) is 4.79 Å². The van der Waals surface area contributed by atoms with Crippen molar-refractivity contribution in [2.45, 2.75) is 45.4 Å². The molecular formula is C15H21N3OS. The molecule has 0 spiro atoms. The first-order valence-corrected chi connectivity index (χ1v) is 7.49. The number of carbonyl (C=O) groups is 1. The minimum absolute atomic E-state index is 0.0856. The minimum Gasteiger partial charge on any atom is -0.392 e. The molecule has 0 aliphatic heterocycles. The Labute approximate surface area is 125 Å². The number of nitrogens with zero attached hydrogens (tertiary/aromatic N) is 1. The first-order valence-electron chi connectivity index (χ1n) is 7.09. The van der Waals surface area contributed by atoms with E-state index in [1.54, 1.807) is 6.20 Å². The van der Waals surface area contributed by atoms with E-state index in [0.29, 0.717) is 10.7 Å². The maximum atomic E-state index is 12.7. The number of thiocarbonyl (C=S) groups is 1. The molecule has 108 valence electrons. The van der Waals surface area contributed by atoms with Crippen LogP contribution in [0.25, 0.3) is 0 Å². The van der Waals surface area contributed by atoms with E-state index >= 15 is 0 Å². The highest BCUT2D eigenvalue weighted by atomic mass is 32.1. The monoisotopic (exact) mass is 291 g/mol. The number of nitrogens with two attached hydrogens (primary N) is 1. The molecule has 0 atom stereocenters. The van der Waals surface area contributed by atoms with E-state index < -0.39 is 5.41 Å². The lowest BCUT2D eigenvalue weighted by atomic mass is 9.79. The van der Waals surface area contributed by atoms with E-state index in [2.05, 4.69) is 10.3 Å². The SMILES string of the molecule is Cc1ccc(NC(=O)C2(C(N)=S)CCCCCC2)cn1. The van der Waals surface area contributed by atoms with Crippen LogP contribution in [0.2, 0.25) is 0 Å². The normalized spacial score (nSPS) is 18.1. The molecule has 20 heavy (non-hydrogen) atoms. The fourth-order valence-electron chi connectivity index (χ4n) is 2.71. The van der Waals surface area contributed by atoms with Gasteiger partial charge in [-0.2, -0.15) is 0 Å². The number of aryl methyl sites for hydroxylation is 1. The smallest absolute Gasteiger partial charge is 0.237 e. The van der Waals surface area contributed by atoms with Gasteiger partial charge in [-0.1, -0.05) is 37.9 Å². The summed E-state index contributed by atoms with van der Waals surface area (Å²) in [7, 11) is 0. The molecule has 1 aliphatic rings. The van der Waals surface area contributed by atoms with Crippen molar-refractivity contribution in [1.82, 2.24) is 4.98 Å². The van der Waals surface area contributed by atoms with Gasteiger partial charge in [0.2, 0.25) is 5.91 Å². The molecule has 0 aromatic carbocycles. The molecule has 0 radical (unpaired) electrons. The molecule has 4 nitrogen and oxygen atoms in total. The van der Waals surface area contributed by atoms with Gasteiger partial charge in [-0.25, -0.2) is 0 Å². The Morgan fingerprint density at radius 2 is 1.95 bits per heavy atom. The van der Waals surface area contributed by atoms with Crippen molar-refractivity contribution >= 4 is 28.8 Å². The minimum atomic E-state index is -0.698. The Balaban J connectivity index is 2.18. The van der Waals surface area contributed by atoms with Gasteiger partial charge in [-0.3, -0.25) is 9.78 Å². The third-order valence-electron chi connectivity index (χ3n) is 4.03. The van der Waals surface area contributed by atoms with E-state index in [1.165, 1.54) is 0 Å². The summed E-state index contributed by atoms with van der Waals surface area (Å²) >= 11 is 5.20. The standard InChI is InChI=1S/C15H21N3OS/c1-11-6-7-12(10-17-11)18-14(19)15(13(16)20)8-4-2-3-5-9-15/h6-7,10H,2-5,8-9H2,1H3,(H2,16,20)(H,18,19). The zero-order valence-corrected chi connectivity index (χ0v) is 12.6. The van der Waals surface area contributed by atoms with E-state index in [1.807, 2.05) is 19.1 Å². The lowest BCUT2D eigenvalue weighted by molar-refractivity contribution is -0.122. The van der Waals surface area contributed by atoms with E-state index in [4.69, 9.17) is 18.0 Å². The average molecular weight is 291 g/mol. The highest BCUT2D eigenvalue weighted by molar-refractivity contribution is 7.80. The van der Waals surface area contributed by atoms with Crippen LogP contribution in [-0.4, -0.2) is 15.9 Å². The lowest BCUT2D eigenvalue weighted by Crippen LogP contribution is -2.45. The molecule has 1 aliphatic carbocycles. The van der Waals surface area contributed by atoms with Crippen molar-refractivity contribution in [1.29, 1.82) is 0 Å². The fourth-order valence-corrected chi connectivity index (χ4v) is 3.01. The Bertz CT molecular complexity index is 490. The van der Waals surface area contributed by atoms with Gasteiger partial charge >= 0.3 is 0 Å². The second-order valence-corrected chi connectivity index (χ2v) is 5.94. The van der Waals surface area contributed by atoms with Crippen LogP contribution in [0.15, 0.2) is 18.3 Å². The highest BCUT2D eigenvalue weighted by Gasteiger charge is 2.41. The lowest BCUT2D eigenvalue weighted by Gasteiger charge is -2.30. The summed E-state index contributed by atoms with van der Waals surface area (Å²) < 4.78 is 0. The van der Waals surface area contributed by atoms with Crippen molar-refractivity contribution in [3.63, 3.8) is 0 Å². The molecule has 0 saturated heterocycles. The maximum Gasteiger partial charge on any atom is 0.237 e. The van der Waals surface area contributed by atoms with Crippen molar-refractivity contribution in [2.24, 2.45) is 11.1 Å². The van der Waals surface area contributed by atoms with Crippen LogP contribution in [0.5, 0.6) is 0 Å². The Hall–Kier alpha value is -1.49. The van der Waals surface area contributed by atoms with E-state index in [9.17, 15) is 4.79 Å². The Kier molecular flexibility index (Phi) is 4.70. The number of amides is 1. The van der Waals surface area contributed by atoms with Gasteiger partial charge in [0.25, 0.3) is 0 Å². The van der Waals surface area contributed by atoms with Gasteiger partial charge < -0.3 is 11.1 Å². The quantitative estimate of drug-likeness (QED) is 0.663. The fraction of sp³-hybridized carbons (Fsp3) is 0.533. The van der Waals surface area contributed by atoms with Crippen LogP contribution in [0.3, 0.4) is 0 Å². The first-order chi connectivity index (χ1) is 9.54. The molecule has 5 heteroatoms. The summed E-state index contributed by atoms with van der Waals surface area (Å²) in [6, 6.07) is 3.72. The highest BCUT2D eigenvalue weighted by Crippen LogP contribution is 2.36. The summed E-state index contributed by atoms with van der Waals surface area (Å²) in [6.07, 6.45) is 7.43. The van der Waals surface area contributed by atoms with Crippen molar-refractivity contribution in [3.05, 3.63) is 24.0 Å². The van der Waals surface area contributed by atoms with Crippen molar-refractivity contribution in [3.8, 4) is 0 Å². The summed E-state index contributed by atoms with van der Waals surface area (Å²) in [4.78, 5) is 17.2. The Morgan fingerprint density at radius 3 is 2.45 bits per heavy atom. The number of carbonyl (C=O) groups excluding carboxylic acids is 1. The van der Waals surface area contributed by atoms with E-state index in [-0.39, 0.29) is 5.91 Å². The number of pyridine rings is 1. The number of hydrogen-bond donors (Lipinski definition) is 2. The summed E-state index contributed by atoms with van der Waals surface area (Å²) in [6.45, 7) is 1.91. The number of anilines is 1. The molecule has 0 bridgehead atoms. The number of aromatic nitrogens is 1. The molecule has 1 aromatic rings. The second-order valence-electron chi connectivity index (χ2n) is 5.50. The molecule has 1 saturated carbocycles. The summed E-state index contributed by atoms with van der Waals surface area (Å²) in [5.74, 6) is -0.0856. The number of hydrogen-bond acceptors (Lipinski definition) is 3. The van der Waals surface area contributed by atoms with E-state index in [0.717, 1.165) is 44.2 Å². The van der Waals surface area contributed by atoms with Crippen molar-refractivity contribution in [2.75, 3.05) is 5.32 Å².